The number of nitrogens with one attached hydrogen (secondary N) is 1. The lowest BCUT2D eigenvalue weighted by molar-refractivity contribution is 0.224. The summed E-state index contributed by atoms with van der Waals surface area (Å²) in [4.78, 5) is 2.46. The molecule has 2 atom stereocenters. The van der Waals surface area contributed by atoms with Crippen LogP contribution in [-0.2, 0) is 0 Å². The highest BCUT2D eigenvalue weighted by Crippen LogP contribution is 2.24. The fourth-order valence-corrected chi connectivity index (χ4v) is 3.05. The molecule has 0 aromatic rings. The molecule has 1 aliphatic carbocycles. The molecule has 104 valence electrons. The van der Waals surface area contributed by atoms with E-state index in [0.29, 0.717) is 6.04 Å². The van der Waals surface area contributed by atoms with Gasteiger partial charge < -0.3 is 5.32 Å². The van der Waals surface area contributed by atoms with E-state index in [9.17, 15) is 0 Å². The van der Waals surface area contributed by atoms with E-state index in [4.69, 9.17) is 0 Å². The Morgan fingerprint density at radius 2 is 1.78 bits per heavy atom. The maximum absolute atomic E-state index is 3.86. The zero-order valence-corrected chi connectivity index (χ0v) is 12.0. The SMILES string of the molecule is C=CCN(CC=C)CC1CCCCCC1NCC. The van der Waals surface area contributed by atoms with Crippen molar-refractivity contribution in [1.82, 2.24) is 10.2 Å². The van der Waals surface area contributed by atoms with Crippen molar-refractivity contribution >= 4 is 0 Å². The van der Waals surface area contributed by atoms with Gasteiger partial charge in [-0.3, -0.25) is 4.90 Å². The van der Waals surface area contributed by atoms with Crippen molar-refractivity contribution in [3.8, 4) is 0 Å². The van der Waals surface area contributed by atoms with Gasteiger partial charge in [0, 0.05) is 25.7 Å². The highest BCUT2D eigenvalue weighted by Gasteiger charge is 2.24. The van der Waals surface area contributed by atoms with Crippen LogP contribution < -0.4 is 5.32 Å². The molecule has 0 heterocycles. The standard InChI is InChI=1S/C16H30N2/c1-4-12-18(13-5-2)14-15-10-8-7-9-11-16(15)17-6-3/h4-5,15-17H,1-2,6-14H2,3H3. The van der Waals surface area contributed by atoms with Crippen LogP contribution in [0.2, 0.25) is 0 Å². The maximum atomic E-state index is 3.86. The molecule has 0 saturated heterocycles. The molecule has 0 aliphatic heterocycles. The minimum atomic E-state index is 0.703. The molecule has 1 rings (SSSR count). The third-order valence-corrected chi connectivity index (χ3v) is 3.89. The molecule has 1 N–H and O–H groups in total. The normalized spacial score (nSPS) is 24.8. The van der Waals surface area contributed by atoms with Gasteiger partial charge in [-0.15, -0.1) is 13.2 Å². The van der Waals surface area contributed by atoms with E-state index < -0.39 is 0 Å². The first-order valence-corrected chi connectivity index (χ1v) is 7.49. The molecular weight excluding hydrogens is 220 g/mol. The Morgan fingerprint density at radius 3 is 2.39 bits per heavy atom. The number of hydrogen-bond acceptors (Lipinski definition) is 2. The summed E-state index contributed by atoms with van der Waals surface area (Å²) >= 11 is 0. The number of nitrogens with zero attached hydrogens (tertiary/aromatic N) is 1. The van der Waals surface area contributed by atoms with E-state index in [1.54, 1.807) is 0 Å². The van der Waals surface area contributed by atoms with Crippen molar-refractivity contribution in [2.45, 2.75) is 45.1 Å². The smallest absolute Gasteiger partial charge is 0.0164 e. The average Bonchev–Trinajstić information content (AvgIpc) is 2.57. The fourth-order valence-electron chi connectivity index (χ4n) is 3.05. The van der Waals surface area contributed by atoms with E-state index in [-0.39, 0.29) is 0 Å². The van der Waals surface area contributed by atoms with Crippen molar-refractivity contribution in [3.63, 3.8) is 0 Å². The second-order valence-electron chi connectivity index (χ2n) is 5.36. The lowest BCUT2D eigenvalue weighted by Crippen LogP contribution is -2.42. The zero-order valence-electron chi connectivity index (χ0n) is 12.0. The van der Waals surface area contributed by atoms with Gasteiger partial charge in [0.05, 0.1) is 0 Å². The molecular formula is C16H30N2. The number of hydrogen-bond donors (Lipinski definition) is 1. The molecule has 0 aromatic heterocycles. The van der Waals surface area contributed by atoms with Gasteiger partial charge in [0.25, 0.3) is 0 Å². The van der Waals surface area contributed by atoms with Gasteiger partial charge in [-0.05, 0) is 25.3 Å². The molecule has 1 aliphatic rings. The lowest BCUT2D eigenvalue weighted by Gasteiger charge is -2.31. The summed E-state index contributed by atoms with van der Waals surface area (Å²) in [5.41, 5.74) is 0. The van der Waals surface area contributed by atoms with E-state index in [2.05, 4.69) is 30.3 Å². The van der Waals surface area contributed by atoms with Crippen LogP contribution in [0.4, 0.5) is 0 Å². The predicted octanol–water partition coefficient (Wildman–Crippen LogP) is 3.22. The maximum Gasteiger partial charge on any atom is 0.0164 e. The van der Waals surface area contributed by atoms with Gasteiger partial charge in [0.1, 0.15) is 0 Å². The molecule has 18 heavy (non-hydrogen) atoms. The molecule has 0 bridgehead atoms. The Hall–Kier alpha value is -0.600. The van der Waals surface area contributed by atoms with Crippen molar-refractivity contribution in [3.05, 3.63) is 25.3 Å². The van der Waals surface area contributed by atoms with Gasteiger partial charge in [-0.25, -0.2) is 0 Å². The first kappa shape index (κ1) is 15.5. The Bertz CT molecular complexity index is 227. The van der Waals surface area contributed by atoms with Crippen LogP contribution >= 0.6 is 0 Å². The first-order chi connectivity index (χ1) is 8.81. The van der Waals surface area contributed by atoms with Gasteiger partial charge in [0.2, 0.25) is 0 Å². The molecule has 2 unspecified atom stereocenters. The van der Waals surface area contributed by atoms with Crippen LogP contribution in [0, 0.1) is 5.92 Å². The summed E-state index contributed by atoms with van der Waals surface area (Å²) in [5, 5.41) is 3.69. The van der Waals surface area contributed by atoms with Gasteiger partial charge in [0.15, 0.2) is 0 Å². The van der Waals surface area contributed by atoms with Crippen molar-refractivity contribution in [1.29, 1.82) is 0 Å². The largest absolute Gasteiger partial charge is 0.314 e. The van der Waals surface area contributed by atoms with E-state index in [1.807, 2.05) is 12.2 Å². The predicted molar refractivity (Wildman–Crippen MR) is 80.9 cm³/mol. The fraction of sp³-hybridized carbons (Fsp3) is 0.750. The highest BCUT2D eigenvalue weighted by atomic mass is 15.1. The molecule has 0 amide bonds. The first-order valence-electron chi connectivity index (χ1n) is 7.49. The minimum absolute atomic E-state index is 0.703. The average molecular weight is 250 g/mol. The topological polar surface area (TPSA) is 15.3 Å². The highest BCUT2D eigenvalue weighted by molar-refractivity contribution is 4.86. The van der Waals surface area contributed by atoms with Crippen LogP contribution in [-0.4, -0.2) is 37.1 Å². The zero-order chi connectivity index (χ0) is 13.2. The van der Waals surface area contributed by atoms with Crippen LogP contribution in [0.3, 0.4) is 0 Å². The monoisotopic (exact) mass is 250 g/mol. The minimum Gasteiger partial charge on any atom is -0.314 e. The summed E-state index contributed by atoms with van der Waals surface area (Å²) in [6.45, 7) is 14.1. The van der Waals surface area contributed by atoms with Crippen LogP contribution in [0.5, 0.6) is 0 Å². The van der Waals surface area contributed by atoms with Crippen LogP contribution in [0.1, 0.15) is 39.0 Å². The summed E-state index contributed by atoms with van der Waals surface area (Å²) in [5.74, 6) is 0.785. The van der Waals surface area contributed by atoms with E-state index in [1.165, 1.54) is 38.6 Å². The van der Waals surface area contributed by atoms with Gasteiger partial charge in [-0.1, -0.05) is 38.3 Å². The van der Waals surface area contributed by atoms with Crippen molar-refractivity contribution < 1.29 is 0 Å². The molecule has 1 saturated carbocycles. The van der Waals surface area contributed by atoms with E-state index in [0.717, 1.165) is 25.6 Å². The van der Waals surface area contributed by atoms with E-state index >= 15 is 0 Å². The lowest BCUT2D eigenvalue weighted by atomic mass is 9.94. The second kappa shape index (κ2) is 9.35. The van der Waals surface area contributed by atoms with Crippen molar-refractivity contribution in [2.24, 2.45) is 5.92 Å². The summed E-state index contributed by atoms with van der Waals surface area (Å²) in [6, 6.07) is 0.703. The molecule has 2 nitrogen and oxygen atoms in total. The Kier molecular flexibility index (Phi) is 8.03. The summed E-state index contributed by atoms with van der Waals surface area (Å²) in [6.07, 6.45) is 10.9. The number of rotatable bonds is 8. The molecule has 0 radical (unpaired) electrons. The van der Waals surface area contributed by atoms with Gasteiger partial charge in [-0.2, -0.15) is 0 Å². The second-order valence-corrected chi connectivity index (χ2v) is 5.36. The third kappa shape index (κ3) is 5.36. The molecule has 1 fully saturated rings. The van der Waals surface area contributed by atoms with Crippen molar-refractivity contribution in [2.75, 3.05) is 26.2 Å². The van der Waals surface area contributed by atoms with Crippen LogP contribution in [0.25, 0.3) is 0 Å². The quantitative estimate of drug-likeness (QED) is 0.525. The molecule has 0 aromatic carbocycles. The molecule has 0 spiro atoms. The third-order valence-electron chi connectivity index (χ3n) is 3.89. The van der Waals surface area contributed by atoms with Gasteiger partial charge >= 0.3 is 0 Å². The summed E-state index contributed by atoms with van der Waals surface area (Å²) < 4.78 is 0. The Morgan fingerprint density at radius 1 is 1.11 bits per heavy atom. The summed E-state index contributed by atoms with van der Waals surface area (Å²) in [7, 11) is 0. The Labute approximate surface area is 113 Å². The Balaban J connectivity index is 2.56. The van der Waals surface area contributed by atoms with Crippen LogP contribution in [0.15, 0.2) is 25.3 Å². The molecule has 2 heteroatoms.